The minimum Gasteiger partial charge on any atom is -0.478 e. The molecule has 4 nitrogen and oxygen atoms in total. The first-order valence-electron chi connectivity index (χ1n) is 8.00. The van der Waals surface area contributed by atoms with Crippen LogP contribution in [-0.4, -0.2) is 27.5 Å². The number of amides is 1. The van der Waals surface area contributed by atoms with Gasteiger partial charge >= 0.3 is 5.97 Å². The molecule has 2 rings (SSSR count). The summed E-state index contributed by atoms with van der Waals surface area (Å²) in [5.41, 5.74) is 0.469. The van der Waals surface area contributed by atoms with Gasteiger partial charge in [0.2, 0.25) is 5.91 Å². The van der Waals surface area contributed by atoms with Crippen LogP contribution in [-0.2, 0) is 4.79 Å². The number of carboxylic acid groups (broad SMARTS) is 1. The molecule has 0 bridgehead atoms. The number of carbonyl (C=O) groups is 2. The monoisotopic (exact) mass is 355 g/mol. The van der Waals surface area contributed by atoms with Crippen molar-refractivity contribution in [3.63, 3.8) is 0 Å². The van der Waals surface area contributed by atoms with E-state index in [2.05, 4.69) is 5.32 Å². The molecule has 2 N–H and O–H groups in total. The number of hydrogen-bond acceptors (Lipinski definition) is 3. The summed E-state index contributed by atoms with van der Waals surface area (Å²) in [7, 11) is 0. The number of aromatic carboxylic acids is 1. The Hall–Kier alpha value is -1.20. The molecule has 1 atom stereocenters. The molecule has 1 saturated carbocycles. The van der Waals surface area contributed by atoms with E-state index in [0.717, 1.165) is 6.42 Å². The second-order valence-electron chi connectivity index (χ2n) is 5.78. The maximum atomic E-state index is 12.5. The Morgan fingerprint density at radius 3 is 2.65 bits per heavy atom. The van der Waals surface area contributed by atoms with Gasteiger partial charge in [-0.15, -0.1) is 11.8 Å². The molecule has 1 aliphatic rings. The van der Waals surface area contributed by atoms with Crippen LogP contribution < -0.4 is 5.32 Å². The molecule has 126 valence electrons. The minimum absolute atomic E-state index is 0.104. The van der Waals surface area contributed by atoms with Crippen LogP contribution in [0.2, 0.25) is 5.02 Å². The Balaban J connectivity index is 2.03. The molecule has 0 radical (unpaired) electrons. The van der Waals surface area contributed by atoms with Crippen molar-refractivity contribution >= 4 is 40.9 Å². The highest BCUT2D eigenvalue weighted by atomic mass is 35.5. The number of hydrogen-bond donors (Lipinski definition) is 2. The summed E-state index contributed by atoms with van der Waals surface area (Å²) in [6.45, 7) is 2.00. The number of carboxylic acids is 1. The summed E-state index contributed by atoms with van der Waals surface area (Å²) in [6, 6.07) is 4.32. The second kappa shape index (κ2) is 8.60. The van der Waals surface area contributed by atoms with Gasteiger partial charge in [-0.1, -0.05) is 37.8 Å². The molecule has 6 heteroatoms. The largest absolute Gasteiger partial charge is 0.478 e. The normalized spacial score (nSPS) is 16.8. The lowest BCUT2D eigenvalue weighted by Gasteiger charge is -2.25. The molecule has 1 aliphatic carbocycles. The zero-order valence-electron chi connectivity index (χ0n) is 13.2. The van der Waals surface area contributed by atoms with Crippen molar-refractivity contribution in [2.24, 2.45) is 0 Å². The van der Waals surface area contributed by atoms with E-state index in [4.69, 9.17) is 16.7 Å². The molecule has 1 unspecified atom stereocenters. The van der Waals surface area contributed by atoms with Crippen molar-refractivity contribution in [3.8, 4) is 0 Å². The topological polar surface area (TPSA) is 66.4 Å². The van der Waals surface area contributed by atoms with E-state index in [-0.39, 0.29) is 16.7 Å². The Kier molecular flexibility index (Phi) is 6.78. The molecule has 1 aromatic carbocycles. The van der Waals surface area contributed by atoms with E-state index >= 15 is 0 Å². The molecule has 0 aliphatic heterocycles. The van der Waals surface area contributed by atoms with E-state index in [1.165, 1.54) is 50.3 Å². The van der Waals surface area contributed by atoms with E-state index in [1.54, 1.807) is 11.8 Å². The number of benzene rings is 1. The van der Waals surface area contributed by atoms with E-state index in [0.29, 0.717) is 16.0 Å². The van der Waals surface area contributed by atoms with Gasteiger partial charge in [0, 0.05) is 5.25 Å². The van der Waals surface area contributed by atoms with Gasteiger partial charge in [-0.2, -0.15) is 0 Å². The van der Waals surface area contributed by atoms with Crippen LogP contribution in [0.15, 0.2) is 18.2 Å². The van der Waals surface area contributed by atoms with Crippen LogP contribution in [0.5, 0.6) is 0 Å². The number of halogens is 1. The molecular formula is C17H22ClNO3S. The first-order valence-corrected chi connectivity index (χ1v) is 9.32. The molecule has 1 fully saturated rings. The Bertz CT molecular complexity index is 573. The fourth-order valence-corrected chi connectivity index (χ4v) is 4.35. The molecule has 0 spiro atoms. The number of anilines is 1. The van der Waals surface area contributed by atoms with Gasteiger partial charge in [0.25, 0.3) is 0 Å². The third-order valence-corrected chi connectivity index (χ3v) is 6.11. The second-order valence-corrected chi connectivity index (χ2v) is 7.70. The fourth-order valence-electron chi connectivity index (χ4n) is 2.74. The average molecular weight is 356 g/mol. The van der Waals surface area contributed by atoms with Crippen molar-refractivity contribution in [2.45, 2.75) is 55.9 Å². The lowest BCUT2D eigenvalue weighted by molar-refractivity contribution is -0.115. The van der Waals surface area contributed by atoms with Crippen molar-refractivity contribution in [2.75, 3.05) is 5.32 Å². The van der Waals surface area contributed by atoms with Gasteiger partial charge in [0.05, 0.1) is 21.5 Å². The molecule has 0 aromatic heterocycles. The smallest absolute Gasteiger partial charge is 0.335 e. The van der Waals surface area contributed by atoms with Crippen LogP contribution in [0.3, 0.4) is 0 Å². The highest BCUT2D eigenvalue weighted by Crippen LogP contribution is 2.33. The van der Waals surface area contributed by atoms with Crippen LogP contribution in [0.1, 0.15) is 55.8 Å². The van der Waals surface area contributed by atoms with Gasteiger partial charge < -0.3 is 10.4 Å². The highest BCUT2D eigenvalue weighted by Gasteiger charge is 2.24. The predicted octanol–water partition coefficient (Wildman–Crippen LogP) is 4.82. The van der Waals surface area contributed by atoms with Crippen LogP contribution in [0, 0.1) is 0 Å². The number of thioether (sulfide) groups is 1. The third-order valence-electron chi connectivity index (χ3n) is 4.04. The molecule has 23 heavy (non-hydrogen) atoms. The van der Waals surface area contributed by atoms with E-state index in [9.17, 15) is 9.59 Å². The highest BCUT2D eigenvalue weighted by molar-refractivity contribution is 8.01. The summed E-state index contributed by atoms with van der Waals surface area (Å²) < 4.78 is 0. The Morgan fingerprint density at radius 2 is 2.04 bits per heavy atom. The molecule has 1 aromatic rings. The van der Waals surface area contributed by atoms with Crippen LogP contribution in [0.4, 0.5) is 5.69 Å². The van der Waals surface area contributed by atoms with E-state index in [1.807, 2.05) is 6.92 Å². The lowest BCUT2D eigenvalue weighted by Crippen LogP contribution is -2.27. The molecular weight excluding hydrogens is 334 g/mol. The first-order chi connectivity index (χ1) is 11.0. The molecule has 0 heterocycles. The summed E-state index contributed by atoms with van der Waals surface area (Å²) in [5, 5.41) is 12.6. The lowest BCUT2D eigenvalue weighted by atomic mass is 10.0. The first kappa shape index (κ1) is 18.1. The number of carbonyl (C=O) groups excluding carboxylic acids is 1. The zero-order valence-corrected chi connectivity index (χ0v) is 14.8. The van der Waals surface area contributed by atoms with Crippen LogP contribution in [0.25, 0.3) is 0 Å². The summed E-state index contributed by atoms with van der Waals surface area (Å²) in [4.78, 5) is 23.6. The summed E-state index contributed by atoms with van der Waals surface area (Å²) >= 11 is 7.81. The third kappa shape index (κ3) is 5.15. The van der Waals surface area contributed by atoms with Crippen molar-refractivity contribution in [1.82, 2.24) is 0 Å². The van der Waals surface area contributed by atoms with E-state index < -0.39 is 5.97 Å². The Morgan fingerprint density at radius 1 is 1.35 bits per heavy atom. The molecule has 0 saturated heterocycles. The standard InChI is InChI=1S/C17H22ClNO3S/c1-2-15(23-12-6-4-3-5-7-12)16(20)19-14-10-11(17(21)22)8-9-13(14)18/h8-10,12,15H,2-7H2,1H3,(H,19,20)(H,21,22). The summed E-state index contributed by atoms with van der Waals surface area (Å²) in [5.74, 6) is -1.15. The van der Waals surface area contributed by atoms with Gasteiger partial charge in [-0.05, 0) is 37.5 Å². The zero-order chi connectivity index (χ0) is 16.8. The van der Waals surface area contributed by atoms with Crippen molar-refractivity contribution in [1.29, 1.82) is 0 Å². The molecule has 1 amide bonds. The maximum absolute atomic E-state index is 12.5. The Labute approximate surface area is 146 Å². The summed E-state index contributed by atoms with van der Waals surface area (Å²) in [6.07, 6.45) is 6.85. The average Bonchev–Trinajstić information content (AvgIpc) is 2.55. The SMILES string of the molecule is CCC(SC1CCCCC1)C(=O)Nc1cc(C(=O)O)ccc1Cl. The van der Waals surface area contributed by atoms with Gasteiger partial charge in [-0.25, -0.2) is 4.79 Å². The van der Waals surface area contributed by atoms with Crippen molar-refractivity contribution in [3.05, 3.63) is 28.8 Å². The number of rotatable bonds is 6. The van der Waals surface area contributed by atoms with Crippen molar-refractivity contribution < 1.29 is 14.7 Å². The van der Waals surface area contributed by atoms with Gasteiger partial charge in [0.15, 0.2) is 0 Å². The number of nitrogens with one attached hydrogen (secondary N) is 1. The quantitative estimate of drug-likeness (QED) is 0.767. The van der Waals surface area contributed by atoms with Gasteiger partial charge in [-0.3, -0.25) is 4.79 Å². The fraction of sp³-hybridized carbons (Fsp3) is 0.529. The van der Waals surface area contributed by atoms with Crippen LogP contribution >= 0.6 is 23.4 Å². The minimum atomic E-state index is -1.04. The maximum Gasteiger partial charge on any atom is 0.335 e. The predicted molar refractivity (Wildman–Crippen MR) is 95.6 cm³/mol. The van der Waals surface area contributed by atoms with Gasteiger partial charge in [0.1, 0.15) is 0 Å².